The number of hydrazine groups is 1. The van der Waals surface area contributed by atoms with E-state index in [9.17, 15) is 0 Å². The van der Waals surface area contributed by atoms with Crippen molar-refractivity contribution in [1.82, 2.24) is 10.3 Å². The maximum absolute atomic E-state index is 5.48. The van der Waals surface area contributed by atoms with Crippen LogP contribution in [0.15, 0.2) is 4.99 Å². The molecule has 0 aromatic rings. The topological polar surface area (TPSA) is 53.6 Å². The number of nitrogens with two attached hydrogens (primary N) is 1. The second kappa shape index (κ2) is 6.67. The SMILES string of the molecule is CCCCN=C(NN)N(C)C(C)(C)CC. The molecule has 0 bridgehead atoms. The minimum Gasteiger partial charge on any atom is -0.340 e. The molecule has 4 heteroatoms. The van der Waals surface area contributed by atoms with Crippen molar-refractivity contribution in [2.75, 3.05) is 13.6 Å². The summed E-state index contributed by atoms with van der Waals surface area (Å²) in [5.41, 5.74) is 2.76. The van der Waals surface area contributed by atoms with Gasteiger partial charge in [-0.3, -0.25) is 10.4 Å². The normalized spacial score (nSPS) is 12.8. The molecule has 0 saturated carbocycles. The second-order valence-corrected chi connectivity index (χ2v) is 4.43. The Morgan fingerprint density at radius 1 is 1.40 bits per heavy atom. The molecule has 4 nitrogen and oxygen atoms in total. The van der Waals surface area contributed by atoms with Crippen LogP contribution < -0.4 is 11.3 Å². The lowest BCUT2D eigenvalue weighted by molar-refractivity contribution is 0.238. The van der Waals surface area contributed by atoms with Gasteiger partial charge in [0.05, 0.1) is 0 Å². The third-order valence-electron chi connectivity index (χ3n) is 2.99. The van der Waals surface area contributed by atoms with Gasteiger partial charge in [0.1, 0.15) is 0 Å². The zero-order chi connectivity index (χ0) is 11.9. The molecule has 0 rings (SSSR count). The van der Waals surface area contributed by atoms with Crippen molar-refractivity contribution in [3.8, 4) is 0 Å². The van der Waals surface area contributed by atoms with Crippen molar-refractivity contribution in [1.29, 1.82) is 0 Å². The van der Waals surface area contributed by atoms with E-state index in [1.54, 1.807) is 0 Å². The van der Waals surface area contributed by atoms with Crippen molar-refractivity contribution in [3.63, 3.8) is 0 Å². The molecule has 0 atom stereocenters. The molecule has 0 radical (unpaired) electrons. The van der Waals surface area contributed by atoms with Crippen LogP contribution in [0.1, 0.15) is 47.0 Å². The lowest BCUT2D eigenvalue weighted by Crippen LogP contribution is -2.52. The minimum atomic E-state index is 0.0808. The number of nitrogens with one attached hydrogen (secondary N) is 1. The fourth-order valence-electron chi connectivity index (χ4n) is 1.12. The zero-order valence-corrected chi connectivity index (χ0v) is 10.8. The average molecular weight is 214 g/mol. The number of unbranched alkanes of at least 4 members (excludes halogenated alkanes) is 1. The molecule has 0 aliphatic rings. The summed E-state index contributed by atoms with van der Waals surface area (Å²) >= 11 is 0. The van der Waals surface area contributed by atoms with E-state index in [0.717, 1.165) is 31.8 Å². The second-order valence-electron chi connectivity index (χ2n) is 4.43. The molecule has 0 aliphatic carbocycles. The van der Waals surface area contributed by atoms with E-state index >= 15 is 0 Å². The Kier molecular flexibility index (Phi) is 6.32. The third kappa shape index (κ3) is 4.51. The van der Waals surface area contributed by atoms with E-state index in [4.69, 9.17) is 5.84 Å². The van der Waals surface area contributed by atoms with Crippen molar-refractivity contribution >= 4 is 5.96 Å². The largest absolute Gasteiger partial charge is 0.340 e. The van der Waals surface area contributed by atoms with Crippen LogP contribution in [0.4, 0.5) is 0 Å². The Morgan fingerprint density at radius 2 is 2.00 bits per heavy atom. The maximum Gasteiger partial charge on any atom is 0.208 e. The van der Waals surface area contributed by atoms with Crippen LogP contribution in [-0.2, 0) is 0 Å². The van der Waals surface area contributed by atoms with Gasteiger partial charge in [-0.2, -0.15) is 0 Å². The number of nitrogens with zero attached hydrogens (tertiary/aromatic N) is 2. The quantitative estimate of drug-likeness (QED) is 0.241. The third-order valence-corrected chi connectivity index (χ3v) is 2.99. The first kappa shape index (κ1) is 14.2. The van der Waals surface area contributed by atoms with Gasteiger partial charge in [0.2, 0.25) is 5.96 Å². The summed E-state index contributed by atoms with van der Waals surface area (Å²) in [6.07, 6.45) is 3.31. The van der Waals surface area contributed by atoms with Gasteiger partial charge >= 0.3 is 0 Å². The molecule has 15 heavy (non-hydrogen) atoms. The molecule has 0 unspecified atom stereocenters. The first-order chi connectivity index (χ1) is 6.99. The standard InChI is InChI=1S/C11H26N4/c1-6-8-9-13-10(14-12)15(5)11(3,4)7-2/h6-9,12H2,1-5H3,(H,13,14). The van der Waals surface area contributed by atoms with E-state index in [0.29, 0.717) is 0 Å². The van der Waals surface area contributed by atoms with Crippen LogP contribution in [0.5, 0.6) is 0 Å². The fourth-order valence-corrected chi connectivity index (χ4v) is 1.12. The molecule has 0 aromatic heterocycles. The Labute approximate surface area is 93.9 Å². The zero-order valence-electron chi connectivity index (χ0n) is 10.8. The summed E-state index contributed by atoms with van der Waals surface area (Å²) in [6, 6.07) is 0. The molecule has 0 fully saturated rings. The summed E-state index contributed by atoms with van der Waals surface area (Å²) in [4.78, 5) is 6.55. The van der Waals surface area contributed by atoms with Crippen LogP contribution in [-0.4, -0.2) is 30.0 Å². The van der Waals surface area contributed by atoms with Gasteiger partial charge in [0, 0.05) is 19.1 Å². The predicted octanol–water partition coefficient (Wildman–Crippen LogP) is 1.73. The molecule has 90 valence electrons. The highest BCUT2D eigenvalue weighted by Gasteiger charge is 2.23. The van der Waals surface area contributed by atoms with Crippen LogP contribution in [0, 0.1) is 0 Å². The molecule has 0 amide bonds. The molecule has 0 heterocycles. The molecular formula is C11H26N4. The van der Waals surface area contributed by atoms with Gasteiger partial charge in [-0.25, -0.2) is 5.84 Å². The van der Waals surface area contributed by atoms with E-state index < -0.39 is 0 Å². The first-order valence-corrected chi connectivity index (χ1v) is 5.74. The Hall–Kier alpha value is -0.770. The molecule has 0 saturated heterocycles. The lowest BCUT2D eigenvalue weighted by atomic mass is 10.0. The predicted molar refractivity (Wildman–Crippen MR) is 66.7 cm³/mol. The van der Waals surface area contributed by atoms with E-state index in [1.165, 1.54) is 0 Å². The Bertz CT molecular complexity index is 199. The number of hydrogen-bond donors (Lipinski definition) is 2. The Balaban J connectivity index is 4.45. The highest BCUT2D eigenvalue weighted by atomic mass is 15.4. The van der Waals surface area contributed by atoms with Gasteiger partial charge in [-0.05, 0) is 26.7 Å². The van der Waals surface area contributed by atoms with Crippen LogP contribution in [0.2, 0.25) is 0 Å². The monoisotopic (exact) mass is 214 g/mol. The maximum atomic E-state index is 5.48. The van der Waals surface area contributed by atoms with Crippen molar-refractivity contribution in [3.05, 3.63) is 0 Å². The molecule has 0 aromatic carbocycles. The van der Waals surface area contributed by atoms with E-state index in [-0.39, 0.29) is 5.54 Å². The highest BCUT2D eigenvalue weighted by molar-refractivity contribution is 5.79. The fraction of sp³-hybridized carbons (Fsp3) is 0.909. The summed E-state index contributed by atoms with van der Waals surface area (Å²) in [6.45, 7) is 9.51. The van der Waals surface area contributed by atoms with Crippen LogP contribution in [0.3, 0.4) is 0 Å². The summed E-state index contributed by atoms with van der Waals surface area (Å²) < 4.78 is 0. The minimum absolute atomic E-state index is 0.0808. The van der Waals surface area contributed by atoms with Gasteiger partial charge in [-0.1, -0.05) is 20.3 Å². The van der Waals surface area contributed by atoms with Crippen LogP contribution in [0.25, 0.3) is 0 Å². The van der Waals surface area contributed by atoms with E-state index in [1.807, 2.05) is 7.05 Å². The highest BCUT2D eigenvalue weighted by Crippen LogP contribution is 2.16. The molecule has 3 N–H and O–H groups in total. The number of aliphatic imine (C=N–C) groups is 1. The molecule has 0 spiro atoms. The van der Waals surface area contributed by atoms with Gasteiger partial charge < -0.3 is 4.90 Å². The summed E-state index contributed by atoms with van der Waals surface area (Å²) in [7, 11) is 2.02. The number of hydrogen-bond acceptors (Lipinski definition) is 2. The molecule has 0 aliphatic heterocycles. The smallest absolute Gasteiger partial charge is 0.208 e. The van der Waals surface area contributed by atoms with Gasteiger partial charge in [0.15, 0.2) is 0 Å². The van der Waals surface area contributed by atoms with Crippen molar-refractivity contribution in [2.45, 2.75) is 52.5 Å². The lowest BCUT2D eigenvalue weighted by Gasteiger charge is -2.36. The Morgan fingerprint density at radius 3 is 2.40 bits per heavy atom. The number of rotatable bonds is 5. The van der Waals surface area contributed by atoms with Gasteiger partial charge in [-0.15, -0.1) is 0 Å². The summed E-state index contributed by atoms with van der Waals surface area (Å²) in [5, 5.41) is 0. The van der Waals surface area contributed by atoms with Gasteiger partial charge in [0.25, 0.3) is 0 Å². The van der Waals surface area contributed by atoms with Crippen molar-refractivity contribution in [2.24, 2.45) is 10.8 Å². The number of guanidine groups is 1. The average Bonchev–Trinajstić information content (AvgIpc) is 2.23. The first-order valence-electron chi connectivity index (χ1n) is 5.74. The van der Waals surface area contributed by atoms with Crippen molar-refractivity contribution < 1.29 is 0 Å². The molecular weight excluding hydrogens is 188 g/mol. The van der Waals surface area contributed by atoms with Crippen LogP contribution >= 0.6 is 0 Å². The summed E-state index contributed by atoms with van der Waals surface area (Å²) in [5.74, 6) is 6.26. The van der Waals surface area contributed by atoms with E-state index in [2.05, 4.69) is 43.0 Å².